The number of fused-ring (bicyclic) bond motifs is 1. The van der Waals surface area contributed by atoms with E-state index in [9.17, 15) is 63.0 Å². The highest BCUT2D eigenvalue weighted by Gasteiger charge is 2.39. The maximum atomic E-state index is 14.4. The van der Waals surface area contributed by atoms with E-state index in [1.807, 2.05) is 0 Å². The van der Waals surface area contributed by atoms with Gasteiger partial charge in [-0.1, -0.05) is 44.2 Å². The number of aliphatic imine (C=N–C) groups is 1. The topological polar surface area (TPSA) is 543 Å². The van der Waals surface area contributed by atoms with Crippen LogP contribution in [0.25, 0.3) is 10.9 Å². The third kappa shape index (κ3) is 23.2. The fourth-order valence-electron chi connectivity index (χ4n) is 9.79. The number of carbonyl (C=O) groups excluding carboxylic acids is 11. The molecule has 2 saturated heterocycles. The molecule has 0 bridgehead atoms. The highest BCUT2D eigenvalue weighted by atomic mass is 16.4. The molecular formula is C57H81N17O16. The number of hydrogen-bond acceptors (Lipinski definition) is 16. The third-order valence-electron chi connectivity index (χ3n) is 14.1. The number of aromatic nitrogens is 3. The van der Waals surface area contributed by atoms with E-state index < -0.39 is 133 Å². The summed E-state index contributed by atoms with van der Waals surface area (Å²) in [6.45, 7) is 2.70. The van der Waals surface area contributed by atoms with Crippen molar-refractivity contribution in [3.63, 3.8) is 0 Å². The summed E-state index contributed by atoms with van der Waals surface area (Å²) in [6, 6.07) is 2.37. The van der Waals surface area contributed by atoms with E-state index in [0.29, 0.717) is 34.1 Å². The van der Waals surface area contributed by atoms with Gasteiger partial charge in [0.05, 0.1) is 26.0 Å². The van der Waals surface area contributed by atoms with Gasteiger partial charge in [-0.05, 0) is 73.8 Å². The van der Waals surface area contributed by atoms with Crippen LogP contribution in [0.15, 0.2) is 72.2 Å². The lowest BCUT2D eigenvalue weighted by Gasteiger charge is -2.30. The lowest BCUT2D eigenvalue weighted by atomic mass is 10.0. The molecule has 0 spiro atoms. The lowest BCUT2D eigenvalue weighted by Crippen LogP contribution is -2.60. The van der Waals surface area contributed by atoms with Gasteiger partial charge in [0, 0.05) is 74.7 Å². The number of amides is 11. The normalized spacial score (nSPS) is 16.1. The molecule has 4 aromatic rings. The number of hydrogen-bond donors (Lipinski definition) is 17. The van der Waals surface area contributed by atoms with Crippen LogP contribution in [-0.2, 0) is 76.8 Å². The Morgan fingerprint density at radius 2 is 1.36 bits per heavy atom. The van der Waals surface area contributed by atoms with Gasteiger partial charge in [-0.3, -0.25) is 62.5 Å². The van der Waals surface area contributed by atoms with E-state index in [1.54, 1.807) is 44.3 Å². The van der Waals surface area contributed by atoms with Gasteiger partial charge in [-0.15, -0.1) is 0 Å². The minimum Gasteiger partial charge on any atom is -0.508 e. The number of carbonyl (C=O) groups is 12. The minimum atomic E-state index is -1.76. The summed E-state index contributed by atoms with van der Waals surface area (Å²) in [5.74, 6) is -9.70. The molecule has 2 aromatic carbocycles. The van der Waals surface area contributed by atoms with Crippen molar-refractivity contribution < 1.29 is 78.3 Å². The highest BCUT2D eigenvalue weighted by molar-refractivity contribution is 5.99. The number of benzene rings is 2. The molecule has 22 N–H and O–H groups in total. The number of nitrogens with one attached hydrogen (secondary N) is 11. The van der Waals surface area contributed by atoms with Gasteiger partial charge >= 0.3 is 0 Å². The molecule has 33 heteroatoms. The van der Waals surface area contributed by atoms with Crippen LogP contribution in [-0.4, -0.2) is 199 Å². The largest absolute Gasteiger partial charge is 0.508 e. The van der Waals surface area contributed by atoms with Crippen LogP contribution < -0.4 is 65.1 Å². The number of phenols is 1. The number of H-pyrrole nitrogens is 2. The first-order chi connectivity index (χ1) is 42.3. The predicted octanol–water partition coefficient (Wildman–Crippen LogP) is -5.12. The van der Waals surface area contributed by atoms with Crippen LogP contribution in [0.4, 0.5) is 0 Å². The van der Waals surface area contributed by atoms with Crippen molar-refractivity contribution in [2.45, 2.75) is 133 Å². The number of phenolic OH excluding ortho intramolecular Hbond substituents is 1. The number of rotatable bonds is 31. The van der Waals surface area contributed by atoms with Crippen LogP contribution in [0.3, 0.4) is 0 Å². The maximum absolute atomic E-state index is 14.4. The van der Waals surface area contributed by atoms with Crippen LogP contribution in [0, 0.1) is 5.92 Å². The molecule has 8 atom stereocenters. The average Bonchev–Trinajstić information content (AvgIpc) is 1.96. The Balaban J connectivity index is 0.00000335. The molecule has 0 saturated carbocycles. The number of para-hydroxylation sites is 1. The number of nitrogens with zero attached hydrogens (tertiary/aromatic N) is 3. The van der Waals surface area contributed by atoms with Crippen molar-refractivity contribution in [2.24, 2.45) is 28.1 Å². The fraction of sp³-hybridized carbons (Fsp3) is 0.474. The van der Waals surface area contributed by atoms with Crippen molar-refractivity contribution in [1.29, 1.82) is 0 Å². The van der Waals surface area contributed by atoms with E-state index in [4.69, 9.17) is 27.1 Å². The van der Waals surface area contributed by atoms with Gasteiger partial charge in [0.2, 0.25) is 65.0 Å². The first-order valence-electron chi connectivity index (χ1n) is 28.7. The number of aliphatic hydroxyl groups is 1. The van der Waals surface area contributed by atoms with Crippen molar-refractivity contribution >= 4 is 87.8 Å². The summed E-state index contributed by atoms with van der Waals surface area (Å²) < 4.78 is 0. The van der Waals surface area contributed by atoms with Crippen molar-refractivity contribution in [3.05, 3.63) is 84.1 Å². The van der Waals surface area contributed by atoms with Gasteiger partial charge in [-0.25, -0.2) is 4.98 Å². The van der Waals surface area contributed by atoms with Gasteiger partial charge in [0.15, 0.2) is 5.96 Å². The van der Waals surface area contributed by atoms with Crippen molar-refractivity contribution in [2.75, 3.05) is 32.8 Å². The van der Waals surface area contributed by atoms with Gasteiger partial charge < -0.3 is 101 Å². The molecule has 0 radical (unpaired) electrons. The van der Waals surface area contributed by atoms with Crippen LogP contribution in [0.2, 0.25) is 0 Å². The number of aliphatic carboxylic acids is 1. The zero-order valence-corrected chi connectivity index (χ0v) is 50.0. The van der Waals surface area contributed by atoms with E-state index in [1.165, 1.54) is 41.7 Å². The average molecular weight is 1260 g/mol. The third-order valence-corrected chi connectivity index (χ3v) is 14.1. The number of likely N-dealkylation sites (tertiary alicyclic amines) is 1. The van der Waals surface area contributed by atoms with E-state index >= 15 is 0 Å². The number of nitrogens with two attached hydrogens (primary N) is 3. The van der Waals surface area contributed by atoms with E-state index in [-0.39, 0.29) is 99.9 Å². The standard InChI is InChI=1S/C55H75N17O13.C2H4O2.H2O/c1-29(2)19-38(49(80)67-37(9-5-17-60-55(57)58)54(85)72-18-6-10-43(72)53(84)62-25-44(56)75)66-46(77)26-63-47(78)39(20-30-11-13-33(74)14-12-30)68-52(83)42(27-73)71-50(81)40(21-31-23-61-35-8-4-3-7-34(31)35)69-51(82)41(22-32-24-59-28-64-32)70-48(79)36-15-16-45(76)65-36;1-2(3)4;/h3-4,7-8,11-14,23-24,28-29,36-43,61,73-74H,5-6,9-10,15-22,25-27H2,1-2H3,(H2,56,75)(H,59,64)(H,62,84)(H,63,78)(H,65,76)(H,66,77)(H,67,80)(H,68,83)(H,69,82)(H,70,79)(H,71,81)(H4,57,58,60);1H3,(H,3,4);1H2. The Kier molecular flexibility index (Phi) is 28.6. The fourth-order valence-corrected chi connectivity index (χ4v) is 9.79. The maximum Gasteiger partial charge on any atom is 0.300 e. The second-order valence-corrected chi connectivity index (χ2v) is 21.7. The number of carboxylic acids is 1. The molecule has 8 unspecified atom stereocenters. The number of guanidine groups is 1. The SMILES string of the molecule is CC(=O)O.CC(C)CC(NC(=O)CNC(=O)C(Cc1ccc(O)cc1)NC(=O)C(CO)NC(=O)C(Cc1c[nH]c2ccccc12)NC(=O)C(Cc1cnc[nH]1)NC(=O)C1CCC(=O)N1)C(=O)NC(CCCN=C(N)N)C(=O)N1CCCC1C(=O)NCC(N)=O.O. The Labute approximate surface area is 516 Å². The molecule has 2 fully saturated rings. The van der Waals surface area contributed by atoms with Gasteiger partial charge in [0.1, 0.15) is 54.1 Å². The molecule has 90 heavy (non-hydrogen) atoms. The molecule has 2 aliphatic rings. The number of aliphatic hydroxyl groups excluding tert-OH is 1. The molecule has 11 amide bonds. The molecule has 490 valence electrons. The number of imidazole rings is 1. The van der Waals surface area contributed by atoms with Crippen molar-refractivity contribution in [3.8, 4) is 5.75 Å². The summed E-state index contributed by atoms with van der Waals surface area (Å²) in [6.07, 6.45) is 5.24. The summed E-state index contributed by atoms with van der Waals surface area (Å²) in [4.78, 5) is 173. The Hall–Kier alpha value is -10.2. The zero-order valence-electron chi connectivity index (χ0n) is 50.0. The van der Waals surface area contributed by atoms with Gasteiger partial charge in [0.25, 0.3) is 5.97 Å². The number of aromatic amines is 2. The molecule has 4 heterocycles. The summed E-state index contributed by atoms with van der Waals surface area (Å²) in [5.41, 5.74) is 18.3. The summed E-state index contributed by atoms with van der Waals surface area (Å²) in [5, 5.41) is 51.9. The quantitative estimate of drug-likeness (QED) is 0.0127. The first-order valence-corrected chi connectivity index (χ1v) is 28.7. The second-order valence-electron chi connectivity index (χ2n) is 21.7. The Bertz CT molecular complexity index is 3170. The highest BCUT2D eigenvalue weighted by Crippen LogP contribution is 2.22. The molecule has 2 aliphatic heterocycles. The predicted molar refractivity (Wildman–Crippen MR) is 322 cm³/mol. The first kappa shape index (κ1) is 72.3. The smallest absolute Gasteiger partial charge is 0.300 e. The monoisotopic (exact) mass is 1260 g/mol. The molecule has 2 aromatic heterocycles. The summed E-state index contributed by atoms with van der Waals surface area (Å²) >= 11 is 0. The van der Waals surface area contributed by atoms with Gasteiger partial charge in [-0.2, -0.15) is 0 Å². The molecule has 33 nitrogen and oxygen atoms in total. The van der Waals surface area contributed by atoms with Crippen LogP contribution in [0.1, 0.15) is 82.5 Å². The van der Waals surface area contributed by atoms with Crippen LogP contribution in [0.5, 0.6) is 5.75 Å². The molecular weight excluding hydrogens is 1180 g/mol. The van der Waals surface area contributed by atoms with E-state index in [2.05, 4.69) is 67.8 Å². The lowest BCUT2D eigenvalue weighted by molar-refractivity contribution is -0.142. The summed E-state index contributed by atoms with van der Waals surface area (Å²) in [7, 11) is 0. The Morgan fingerprint density at radius 1 is 0.733 bits per heavy atom. The number of primary amides is 1. The number of carboxylic acid groups (broad SMARTS) is 1. The minimum absolute atomic E-state index is 0. The van der Waals surface area contributed by atoms with Crippen molar-refractivity contribution in [1.82, 2.24) is 67.7 Å². The zero-order chi connectivity index (χ0) is 65.3. The second kappa shape index (κ2) is 35.6. The molecule has 0 aliphatic carbocycles. The Morgan fingerprint density at radius 3 is 1.97 bits per heavy atom. The molecule has 6 rings (SSSR count). The number of aromatic hydroxyl groups is 1. The van der Waals surface area contributed by atoms with E-state index in [0.717, 1.165) is 6.92 Å². The van der Waals surface area contributed by atoms with Crippen LogP contribution >= 0.6 is 0 Å².